The lowest BCUT2D eigenvalue weighted by molar-refractivity contribution is 1.16. The standard InChI is InChI=1S/C48H31N3S2/c1-3-13-32(14-4-1)49(34-23-26-38-37-17-7-9-19-41(37)50(44(38)29-34)33-15-5-2-6-16-33)35-25-28-43-48(31-35)53-46-22-12-10-20-42(46)51(43)36-24-27-40-39-18-8-11-21-45(39)52-47(40)30-36/h1-31H. The van der Waals surface area contributed by atoms with Crippen molar-refractivity contribution in [3.63, 3.8) is 0 Å². The van der Waals surface area contributed by atoms with Gasteiger partial charge in [0.15, 0.2) is 0 Å². The van der Waals surface area contributed by atoms with E-state index >= 15 is 0 Å². The Labute approximate surface area is 315 Å². The number of hydrogen-bond acceptors (Lipinski definition) is 4. The molecule has 5 heteroatoms. The molecule has 0 atom stereocenters. The Morgan fingerprint density at radius 1 is 0.377 bits per heavy atom. The Kier molecular flexibility index (Phi) is 6.97. The highest BCUT2D eigenvalue weighted by atomic mass is 32.2. The molecule has 11 rings (SSSR count). The Hall–Kier alpha value is -6.27. The second-order valence-corrected chi connectivity index (χ2v) is 15.6. The molecule has 8 aromatic carbocycles. The molecule has 0 saturated heterocycles. The van der Waals surface area contributed by atoms with Crippen molar-refractivity contribution in [2.24, 2.45) is 0 Å². The summed E-state index contributed by atoms with van der Waals surface area (Å²) >= 11 is 3.71. The molecule has 3 nitrogen and oxygen atoms in total. The second-order valence-electron chi connectivity index (χ2n) is 13.4. The zero-order valence-corrected chi connectivity index (χ0v) is 30.2. The summed E-state index contributed by atoms with van der Waals surface area (Å²) in [4.78, 5) is 7.29. The fourth-order valence-corrected chi connectivity index (χ4v) is 10.2. The highest BCUT2D eigenvalue weighted by molar-refractivity contribution is 7.99. The van der Waals surface area contributed by atoms with Gasteiger partial charge in [-0.3, -0.25) is 0 Å². The fourth-order valence-electron chi connectivity index (χ4n) is 7.99. The molecule has 3 heterocycles. The van der Waals surface area contributed by atoms with Crippen molar-refractivity contribution in [3.05, 3.63) is 188 Å². The monoisotopic (exact) mass is 713 g/mol. The number of rotatable bonds is 5. The van der Waals surface area contributed by atoms with Crippen LogP contribution in [0.1, 0.15) is 0 Å². The van der Waals surface area contributed by atoms with Crippen molar-refractivity contribution in [2.75, 3.05) is 9.80 Å². The van der Waals surface area contributed by atoms with Crippen LogP contribution < -0.4 is 9.80 Å². The quantitative estimate of drug-likeness (QED) is 0.176. The van der Waals surface area contributed by atoms with Gasteiger partial charge in [0.1, 0.15) is 0 Å². The molecule has 1 aliphatic heterocycles. The van der Waals surface area contributed by atoms with Crippen molar-refractivity contribution in [3.8, 4) is 5.69 Å². The van der Waals surface area contributed by atoms with Gasteiger partial charge in [-0.25, -0.2) is 0 Å². The topological polar surface area (TPSA) is 11.4 Å². The SMILES string of the molecule is c1ccc(N(c2ccc3c(c2)Sc2ccccc2N3c2ccc3c(c2)sc2ccccc23)c2ccc3c4ccccc4n(-c4ccccc4)c3c2)cc1. The molecule has 0 spiro atoms. The molecule has 0 saturated carbocycles. The van der Waals surface area contributed by atoms with Crippen LogP contribution >= 0.6 is 23.1 Å². The lowest BCUT2D eigenvalue weighted by Crippen LogP contribution is -2.16. The zero-order valence-electron chi connectivity index (χ0n) is 28.6. The third kappa shape index (κ3) is 4.89. The molecule has 0 amide bonds. The lowest BCUT2D eigenvalue weighted by Gasteiger charge is -2.34. The second kappa shape index (κ2) is 12.2. The van der Waals surface area contributed by atoms with Gasteiger partial charge in [0.2, 0.25) is 0 Å². The van der Waals surface area contributed by atoms with E-state index in [1.807, 2.05) is 23.1 Å². The number of nitrogens with zero attached hydrogens (tertiary/aromatic N) is 3. The van der Waals surface area contributed by atoms with E-state index in [2.05, 4.69) is 202 Å². The summed E-state index contributed by atoms with van der Waals surface area (Å²) in [6.07, 6.45) is 0. The molecule has 250 valence electrons. The molecular formula is C48H31N3S2. The maximum atomic E-state index is 2.44. The van der Waals surface area contributed by atoms with Crippen molar-refractivity contribution in [1.82, 2.24) is 4.57 Å². The van der Waals surface area contributed by atoms with E-state index in [0.717, 1.165) is 22.7 Å². The molecule has 0 unspecified atom stereocenters. The Bertz CT molecular complexity index is 3000. The van der Waals surface area contributed by atoms with Gasteiger partial charge >= 0.3 is 0 Å². The summed E-state index contributed by atoms with van der Waals surface area (Å²) in [5.74, 6) is 0. The minimum atomic E-state index is 1.11. The molecule has 1 aliphatic rings. The van der Waals surface area contributed by atoms with Gasteiger partial charge in [-0.15, -0.1) is 11.3 Å². The molecular weight excluding hydrogens is 683 g/mol. The number of para-hydroxylation sites is 4. The van der Waals surface area contributed by atoms with Crippen LogP contribution in [0.15, 0.2) is 198 Å². The van der Waals surface area contributed by atoms with E-state index in [-0.39, 0.29) is 0 Å². The molecule has 10 aromatic rings. The van der Waals surface area contributed by atoms with Crippen LogP contribution in [0.5, 0.6) is 0 Å². The van der Waals surface area contributed by atoms with Crippen molar-refractivity contribution in [1.29, 1.82) is 0 Å². The average Bonchev–Trinajstić information content (AvgIpc) is 3.76. The molecule has 53 heavy (non-hydrogen) atoms. The first-order chi connectivity index (χ1) is 26.3. The maximum Gasteiger partial charge on any atom is 0.0603 e. The van der Waals surface area contributed by atoms with Gasteiger partial charge in [-0.2, -0.15) is 0 Å². The van der Waals surface area contributed by atoms with Gasteiger partial charge < -0.3 is 14.4 Å². The molecule has 0 radical (unpaired) electrons. The van der Waals surface area contributed by atoms with Crippen molar-refractivity contribution < 1.29 is 0 Å². The first kappa shape index (κ1) is 30.4. The van der Waals surface area contributed by atoms with E-state index in [0.29, 0.717) is 0 Å². The largest absolute Gasteiger partial charge is 0.310 e. The van der Waals surface area contributed by atoms with Crippen LogP contribution in [-0.4, -0.2) is 4.57 Å². The summed E-state index contributed by atoms with van der Waals surface area (Å²) in [5.41, 5.74) is 10.4. The highest BCUT2D eigenvalue weighted by Gasteiger charge is 2.27. The predicted molar refractivity (Wildman–Crippen MR) is 227 cm³/mol. The molecule has 0 N–H and O–H groups in total. The van der Waals surface area contributed by atoms with Crippen molar-refractivity contribution >= 4 is 99.2 Å². The minimum Gasteiger partial charge on any atom is -0.310 e. The lowest BCUT2D eigenvalue weighted by atomic mass is 10.1. The number of benzene rings is 8. The summed E-state index contributed by atoms with van der Waals surface area (Å²) in [6, 6.07) is 68.4. The van der Waals surface area contributed by atoms with Crippen LogP contribution in [0, 0.1) is 0 Å². The smallest absolute Gasteiger partial charge is 0.0603 e. The summed E-state index contributed by atoms with van der Waals surface area (Å²) in [6.45, 7) is 0. The average molecular weight is 714 g/mol. The molecule has 2 aromatic heterocycles. The summed E-state index contributed by atoms with van der Waals surface area (Å²) < 4.78 is 5.01. The van der Waals surface area contributed by atoms with Crippen LogP contribution in [0.25, 0.3) is 47.7 Å². The van der Waals surface area contributed by atoms with E-state index in [9.17, 15) is 0 Å². The number of hydrogen-bond donors (Lipinski definition) is 0. The van der Waals surface area contributed by atoms with Crippen LogP contribution in [0.4, 0.5) is 34.1 Å². The first-order valence-electron chi connectivity index (χ1n) is 17.8. The van der Waals surface area contributed by atoms with Gasteiger partial charge in [-0.1, -0.05) is 109 Å². The molecule has 0 aliphatic carbocycles. The van der Waals surface area contributed by atoms with Gasteiger partial charge in [0.05, 0.1) is 22.4 Å². The number of aromatic nitrogens is 1. The van der Waals surface area contributed by atoms with Gasteiger partial charge in [0.25, 0.3) is 0 Å². The van der Waals surface area contributed by atoms with Crippen LogP contribution in [0.2, 0.25) is 0 Å². The van der Waals surface area contributed by atoms with E-state index in [1.54, 1.807) is 0 Å². The molecule has 0 bridgehead atoms. The number of fused-ring (bicyclic) bond motifs is 8. The molecule has 0 fully saturated rings. The number of anilines is 6. The Morgan fingerprint density at radius 2 is 1.02 bits per heavy atom. The van der Waals surface area contributed by atoms with Gasteiger partial charge in [-0.05, 0) is 91.0 Å². The van der Waals surface area contributed by atoms with E-state index in [1.165, 1.54) is 68.8 Å². The third-order valence-corrected chi connectivity index (χ3v) is 12.6. The van der Waals surface area contributed by atoms with Crippen LogP contribution in [-0.2, 0) is 0 Å². The first-order valence-corrected chi connectivity index (χ1v) is 19.5. The Morgan fingerprint density at radius 3 is 1.91 bits per heavy atom. The van der Waals surface area contributed by atoms with Crippen LogP contribution in [0.3, 0.4) is 0 Å². The fraction of sp³-hybridized carbons (Fsp3) is 0. The van der Waals surface area contributed by atoms with E-state index in [4.69, 9.17) is 0 Å². The maximum absolute atomic E-state index is 2.44. The zero-order chi connectivity index (χ0) is 34.9. The normalized spacial score (nSPS) is 12.4. The Balaban J connectivity index is 1.08. The van der Waals surface area contributed by atoms with E-state index < -0.39 is 0 Å². The number of thiophene rings is 1. The predicted octanol–water partition coefficient (Wildman–Crippen LogP) is 14.6. The highest BCUT2D eigenvalue weighted by Crippen LogP contribution is 2.53. The summed E-state index contributed by atoms with van der Waals surface area (Å²) in [5, 5.41) is 5.13. The summed E-state index contributed by atoms with van der Waals surface area (Å²) in [7, 11) is 0. The minimum absolute atomic E-state index is 1.11. The third-order valence-electron chi connectivity index (χ3n) is 10.3. The van der Waals surface area contributed by atoms with Crippen molar-refractivity contribution in [2.45, 2.75) is 9.79 Å². The van der Waals surface area contributed by atoms with Gasteiger partial charge in [0, 0.05) is 69.2 Å².